The first-order chi connectivity index (χ1) is 13.7. The molecule has 3 rings (SSSR count). The molecule has 0 saturated heterocycles. The average molecular weight is 399 g/mol. The minimum atomic E-state index is -4.57. The Kier molecular flexibility index (Phi) is 5.70. The van der Waals surface area contributed by atoms with Crippen molar-refractivity contribution in [1.29, 1.82) is 5.26 Å². The van der Waals surface area contributed by atoms with Crippen LogP contribution in [0.2, 0.25) is 0 Å². The Labute approximate surface area is 169 Å². The number of nitriles is 1. The molecule has 0 saturated carbocycles. The van der Waals surface area contributed by atoms with Gasteiger partial charge in [0.1, 0.15) is 0 Å². The number of pyridine rings is 1. The van der Waals surface area contributed by atoms with Gasteiger partial charge in [0, 0.05) is 30.7 Å². The highest BCUT2D eigenvalue weighted by molar-refractivity contribution is 5.68. The zero-order chi connectivity index (χ0) is 21.2. The van der Waals surface area contributed by atoms with E-state index in [9.17, 15) is 13.2 Å². The lowest BCUT2D eigenvalue weighted by Gasteiger charge is -2.46. The second kappa shape index (κ2) is 7.90. The molecule has 1 aliphatic rings. The molecule has 0 N–H and O–H groups in total. The summed E-state index contributed by atoms with van der Waals surface area (Å²) >= 11 is 0. The number of aromatic nitrogens is 1. The van der Waals surface area contributed by atoms with Gasteiger partial charge in [-0.2, -0.15) is 18.4 Å². The summed E-state index contributed by atoms with van der Waals surface area (Å²) in [6.07, 6.45) is 2.72. The van der Waals surface area contributed by atoms with E-state index in [-0.39, 0.29) is 17.0 Å². The number of nitrogens with zero attached hydrogens (tertiary/aromatic N) is 3. The van der Waals surface area contributed by atoms with E-state index in [4.69, 9.17) is 5.26 Å². The predicted molar refractivity (Wildman–Crippen MR) is 108 cm³/mol. The van der Waals surface area contributed by atoms with Crippen molar-refractivity contribution >= 4 is 11.3 Å². The molecule has 0 spiro atoms. The van der Waals surface area contributed by atoms with E-state index in [2.05, 4.69) is 24.9 Å². The summed E-state index contributed by atoms with van der Waals surface area (Å²) in [6, 6.07) is 9.57. The lowest BCUT2D eigenvalue weighted by atomic mass is 9.72. The molecular formula is C23H24F3N3. The third kappa shape index (κ3) is 4.29. The van der Waals surface area contributed by atoms with Crippen LogP contribution in [0.1, 0.15) is 50.3 Å². The first kappa shape index (κ1) is 20.9. The zero-order valence-electron chi connectivity index (χ0n) is 16.8. The fraction of sp³-hybridized carbons (Fsp3) is 0.391. The molecule has 152 valence electrons. The molecule has 0 aliphatic heterocycles. The van der Waals surface area contributed by atoms with Gasteiger partial charge < -0.3 is 4.90 Å². The molecule has 0 radical (unpaired) electrons. The smallest absolute Gasteiger partial charge is 0.368 e. The number of alkyl halides is 3. The number of allylic oxidation sites excluding steroid dienone is 1. The van der Waals surface area contributed by atoms with Gasteiger partial charge in [-0.15, -0.1) is 0 Å². The molecule has 2 aromatic rings. The van der Waals surface area contributed by atoms with Crippen LogP contribution in [0, 0.1) is 16.7 Å². The number of rotatable bonds is 4. The van der Waals surface area contributed by atoms with Crippen LogP contribution in [0.25, 0.3) is 5.57 Å². The first-order valence-corrected chi connectivity index (χ1v) is 9.65. The minimum absolute atomic E-state index is 0.0155. The standard InChI is InChI=1S/C23H24F3N3/c1-4-29(19-8-7-17(14-27)20(13-19)23(24,25)26)21-12-16(9-10-22(21,2)3)18-6-5-11-28-15-18/h5-9,11,13,15,21H,4,10,12H2,1-3H3. The fourth-order valence-electron chi connectivity index (χ4n) is 4.04. The molecule has 0 bridgehead atoms. The molecular weight excluding hydrogens is 375 g/mol. The van der Waals surface area contributed by atoms with Crippen LogP contribution >= 0.6 is 0 Å². The van der Waals surface area contributed by atoms with E-state index in [1.807, 2.05) is 30.2 Å². The zero-order valence-corrected chi connectivity index (χ0v) is 16.8. The Balaban J connectivity index is 2.01. The maximum Gasteiger partial charge on any atom is 0.417 e. The highest BCUT2D eigenvalue weighted by atomic mass is 19.4. The molecule has 1 aromatic heterocycles. The summed E-state index contributed by atoms with van der Waals surface area (Å²) in [4.78, 5) is 6.22. The van der Waals surface area contributed by atoms with Gasteiger partial charge in [-0.1, -0.05) is 26.0 Å². The van der Waals surface area contributed by atoms with Gasteiger partial charge in [-0.25, -0.2) is 0 Å². The summed E-state index contributed by atoms with van der Waals surface area (Å²) in [5.74, 6) is 0. The van der Waals surface area contributed by atoms with Crippen LogP contribution in [-0.4, -0.2) is 17.6 Å². The van der Waals surface area contributed by atoms with Gasteiger partial charge in [0.05, 0.1) is 17.2 Å². The van der Waals surface area contributed by atoms with Gasteiger partial charge in [-0.3, -0.25) is 4.98 Å². The highest BCUT2D eigenvalue weighted by Crippen LogP contribution is 2.43. The van der Waals surface area contributed by atoms with Crippen molar-refractivity contribution < 1.29 is 13.2 Å². The van der Waals surface area contributed by atoms with Gasteiger partial charge in [0.25, 0.3) is 0 Å². The van der Waals surface area contributed by atoms with Gasteiger partial charge in [0.15, 0.2) is 0 Å². The molecule has 0 amide bonds. The summed E-state index contributed by atoms with van der Waals surface area (Å²) in [6.45, 7) is 6.80. The van der Waals surface area contributed by atoms with Crippen molar-refractivity contribution in [3.05, 3.63) is 65.5 Å². The van der Waals surface area contributed by atoms with Crippen LogP contribution in [0.15, 0.2) is 48.8 Å². The van der Waals surface area contributed by atoms with E-state index in [1.165, 1.54) is 6.07 Å². The highest BCUT2D eigenvalue weighted by Gasteiger charge is 2.38. The molecule has 1 aliphatic carbocycles. The van der Waals surface area contributed by atoms with Gasteiger partial charge >= 0.3 is 6.18 Å². The van der Waals surface area contributed by atoms with E-state index < -0.39 is 11.7 Å². The van der Waals surface area contributed by atoms with E-state index in [1.54, 1.807) is 18.3 Å². The molecule has 3 nitrogen and oxygen atoms in total. The Bertz CT molecular complexity index is 940. The molecule has 0 fully saturated rings. The van der Waals surface area contributed by atoms with E-state index in [0.29, 0.717) is 18.7 Å². The average Bonchev–Trinajstić information content (AvgIpc) is 2.69. The number of hydrogen-bond acceptors (Lipinski definition) is 3. The van der Waals surface area contributed by atoms with Crippen LogP contribution in [0.3, 0.4) is 0 Å². The van der Waals surface area contributed by atoms with Crippen molar-refractivity contribution in [3.8, 4) is 6.07 Å². The van der Waals surface area contributed by atoms with Gasteiger partial charge in [-0.05, 0) is 60.6 Å². The quantitative estimate of drug-likeness (QED) is 0.626. The Morgan fingerprint density at radius 1 is 1.28 bits per heavy atom. The van der Waals surface area contributed by atoms with Crippen molar-refractivity contribution in [2.45, 2.75) is 45.8 Å². The van der Waals surface area contributed by atoms with E-state index >= 15 is 0 Å². The van der Waals surface area contributed by atoms with Crippen LogP contribution in [0.5, 0.6) is 0 Å². The largest absolute Gasteiger partial charge is 0.417 e. The van der Waals surface area contributed by atoms with Crippen molar-refractivity contribution in [3.63, 3.8) is 0 Å². The molecule has 1 unspecified atom stereocenters. The second-order valence-corrected chi connectivity index (χ2v) is 8.01. The van der Waals surface area contributed by atoms with Crippen LogP contribution < -0.4 is 4.90 Å². The lowest BCUT2D eigenvalue weighted by Crippen LogP contribution is -2.47. The second-order valence-electron chi connectivity index (χ2n) is 8.01. The van der Waals surface area contributed by atoms with Crippen molar-refractivity contribution in [2.24, 2.45) is 5.41 Å². The number of benzene rings is 1. The van der Waals surface area contributed by atoms with Crippen molar-refractivity contribution in [2.75, 3.05) is 11.4 Å². The first-order valence-electron chi connectivity index (χ1n) is 9.65. The summed E-state index contributed by atoms with van der Waals surface area (Å²) in [5, 5.41) is 9.08. The third-order valence-electron chi connectivity index (χ3n) is 5.70. The summed E-state index contributed by atoms with van der Waals surface area (Å²) < 4.78 is 40.4. The molecule has 6 heteroatoms. The number of anilines is 1. The van der Waals surface area contributed by atoms with Crippen LogP contribution in [0.4, 0.5) is 18.9 Å². The maximum absolute atomic E-state index is 13.5. The predicted octanol–water partition coefficient (Wildman–Crippen LogP) is 6.07. The fourth-order valence-corrected chi connectivity index (χ4v) is 4.04. The van der Waals surface area contributed by atoms with Crippen LogP contribution in [-0.2, 0) is 6.18 Å². The SMILES string of the molecule is CCN(c1ccc(C#N)c(C(F)(F)F)c1)C1CC(c2cccnc2)=CCC1(C)C. The van der Waals surface area contributed by atoms with E-state index in [0.717, 1.165) is 23.6 Å². The number of halogens is 3. The van der Waals surface area contributed by atoms with Crippen molar-refractivity contribution in [1.82, 2.24) is 4.98 Å². The monoisotopic (exact) mass is 399 g/mol. The summed E-state index contributed by atoms with van der Waals surface area (Å²) in [5.41, 5.74) is 1.34. The molecule has 1 heterocycles. The lowest BCUT2D eigenvalue weighted by molar-refractivity contribution is -0.137. The van der Waals surface area contributed by atoms with Gasteiger partial charge in [0.2, 0.25) is 0 Å². The number of hydrogen-bond donors (Lipinski definition) is 0. The topological polar surface area (TPSA) is 39.9 Å². The normalized spacial score (nSPS) is 18.7. The Hall–Kier alpha value is -2.81. The Morgan fingerprint density at radius 3 is 2.62 bits per heavy atom. The summed E-state index contributed by atoms with van der Waals surface area (Å²) in [7, 11) is 0. The maximum atomic E-state index is 13.5. The molecule has 1 aromatic carbocycles. The minimum Gasteiger partial charge on any atom is -0.368 e. The molecule has 29 heavy (non-hydrogen) atoms. The third-order valence-corrected chi connectivity index (χ3v) is 5.70. The Morgan fingerprint density at radius 2 is 2.03 bits per heavy atom. The molecule has 1 atom stereocenters.